The monoisotopic (exact) mass is 590 g/mol. The minimum absolute atomic E-state index is 0.00570. The van der Waals surface area contributed by atoms with E-state index in [9.17, 15) is 19.5 Å². The van der Waals surface area contributed by atoms with Crippen LogP contribution in [-0.4, -0.2) is 95.8 Å². The summed E-state index contributed by atoms with van der Waals surface area (Å²) in [6.45, 7) is 14.8. The molecule has 0 saturated carbocycles. The fourth-order valence-corrected chi connectivity index (χ4v) is 5.79. The first kappa shape index (κ1) is 34.0. The molecule has 3 fully saturated rings. The van der Waals surface area contributed by atoms with E-state index >= 15 is 0 Å². The van der Waals surface area contributed by atoms with Crippen LogP contribution in [0.1, 0.15) is 74.1 Å². The van der Waals surface area contributed by atoms with Crippen molar-refractivity contribution in [2.75, 3.05) is 19.7 Å². The lowest BCUT2D eigenvalue weighted by molar-refractivity contribution is -0.151. The Kier molecular flexibility index (Phi) is 12.4. The third kappa shape index (κ3) is 9.49. The number of allylic oxidation sites excluding steroid dienone is 2. The van der Waals surface area contributed by atoms with Gasteiger partial charge in [-0.2, -0.15) is 0 Å². The van der Waals surface area contributed by atoms with Gasteiger partial charge in [-0.1, -0.05) is 30.7 Å². The molecule has 10 heteroatoms. The molecular formula is C32H50N2O8. The van der Waals surface area contributed by atoms with Gasteiger partial charge in [-0.3, -0.25) is 14.4 Å². The van der Waals surface area contributed by atoms with Gasteiger partial charge in [0, 0.05) is 32.5 Å². The maximum atomic E-state index is 12.7. The Hall–Kier alpha value is -2.53. The Bertz CT molecular complexity index is 1030. The van der Waals surface area contributed by atoms with Crippen molar-refractivity contribution >= 4 is 17.8 Å². The Morgan fingerprint density at radius 2 is 1.83 bits per heavy atom. The number of epoxide rings is 1. The molecule has 3 rings (SSSR count). The Labute approximate surface area is 250 Å². The summed E-state index contributed by atoms with van der Waals surface area (Å²) in [6.07, 6.45) is 8.89. The van der Waals surface area contributed by atoms with Gasteiger partial charge in [-0.25, -0.2) is 0 Å². The third-order valence-corrected chi connectivity index (χ3v) is 8.44. The summed E-state index contributed by atoms with van der Waals surface area (Å²) < 4.78 is 23.1. The summed E-state index contributed by atoms with van der Waals surface area (Å²) in [5, 5.41) is 13.9. The zero-order chi connectivity index (χ0) is 31.0. The van der Waals surface area contributed by atoms with E-state index in [2.05, 4.69) is 18.3 Å². The van der Waals surface area contributed by atoms with Crippen molar-refractivity contribution in [3.8, 4) is 0 Å². The van der Waals surface area contributed by atoms with Crippen molar-refractivity contribution in [2.24, 2.45) is 5.92 Å². The summed E-state index contributed by atoms with van der Waals surface area (Å²) in [5.74, 6) is -0.358. The van der Waals surface area contributed by atoms with Gasteiger partial charge >= 0.3 is 5.97 Å². The van der Waals surface area contributed by atoms with Crippen LogP contribution in [0.2, 0.25) is 0 Å². The first-order chi connectivity index (χ1) is 19.9. The van der Waals surface area contributed by atoms with Gasteiger partial charge in [0.25, 0.3) is 0 Å². The van der Waals surface area contributed by atoms with Crippen LogP contribution in [0.15, 0.2) is 36.0 Å². The fourth-order valence-electron chi connectivity index (χ4n) is 5.79. The van der Waals surface area contributed by atoms with Crippen LogP contribution >= 0.6 is 0 Å². The van der Waals surface area contributed by atoms with Crippen LogP contribution < -0.4 is 5.32 Å². The van der Waals surface area contributed by atoms with Crippen molar-refractivity contribution in [3.05, 3.63) is 36.0 Å². The highest BCUT2D eigenvalue weighted by Gasteiger charge is 2.58. The highest BCUT2D eigenvalue weighted by atomic mass is 16.6. The molecule has 0 radical (unpaired) electrons. The van der Waals surface area contributed by atoms with Gasteiger partial charge in [0.15, 0.2) is 0 Å². The fraction of sp³-hybridized carbons (Fsp3) is 0.719. The molecule has 3 aliphatic heterocycles. The van der Waals surface area contributed by atoms with Gasteiger partial charge in [-0.15, -0.1) is 0 Å². The number of ether oxygens (including phenoxy) is 4. The molecule has 3 aliphatic rings. The molecule has 9 atom stereocenters. The van der Waals surface area contributed by atoms with Gasteiger partial charge in [-0.05, 0) is 59.5 Å². The molecule has 0 bridgehead atoms. The topological polar surface area (TPSA) is 127 Å². The Morgan fingerprint density at radius 3 is 2.45 bits per heavy atom. The van der Waals surface area contributed by atoms with Gasteiger partial charge in [0.2, 0.25) is 11.8 Å². The minimum atomic E-state index is -0.782. The van der Waals surface area contributed by atoms with E-state index in [4.69, 9.17) is 18.9 Å². The van der Waals surface area contributed by atoms with Crippen LogP contribution in [0.4, 0.5) is 0 Å². The summed E-state index contributed by atoms with van der Waals surface area (Å²) >= 11 is 0. The lowest BCUT2D eigenvalue weighted by atomic mass is 9.87. The number of nitrogens with one attached hydrogen (secondary N) is 1. The molecule has 236 valence electrons. The predicted octanol–water partition coefficient (Wildman–Crippen LogP) is 3.23. The number of carbonyl (C=O) groups is 3. The van der Waals surface area contributed by atoms with Gasteiger partial charge < -0.3 is 34.3 Å². The molecule has 3 saturated heterocycles. The molecule has 2 N–H and O–H groups in total. The highest BCUT2D eigenvalue weighted by molar-refractivity contribution is 5.87. The number of aliphatic hydroxyl groups excluding tert-OH is 1. The second kappa shape index (κ2) is 15.3. The van der Waals surface area contributed by atoms with E-state index in [0.717, 1.165) is 12.0 Å². The summed E-state index contributed by atoms with van der Waals surface area (Å²) in [5.41, 5.74) is 0.395. The largest absolute Gasteiger partial charge is 0.459 e. The van der Waals surface area contributed by atoms with Crippen LogP contribution in [0.3, 0.4) is 0 Å². The molecule has 42 heavy (non-hydrogen) atoms. The maximum Gasteiger partial charge on any atom is 0.303 e. The number of hydrogen-bond acceptors (Lipinski definition) is 8. The number of carbonyl (C=O) groups excluding carboxylic acids is 3. The highest BCUT2D eigenvalue weighted by Crippen LogP contribution is 2.43. The zero-order valence-electron chi connectivity index (χ0n) is 26.2. The lowest BCUT2D eigenvalue weighted by Gasteiger charge is -2.39. The molecule has 1 spiro atoms. The number of amides is 2. The van der Waals surface area contributed by atoms with Crippen molar-refractivity contribution in [3.63, 3.8) is 0 Å². The summed E-state index contributed by atoms with van der Waals surface area (Å²) in [4.78, 5) is 37.9. The third-order valence-electron chi connectivity index (χ3n) is 8.44. The molecule has 10 nitrogen and oxygen atoms in total. The number of nitrogens with zero attached hydrogens (tertiary/aromatic N) is 1. The van der Waals surface area contributed by atoms with Crippen molar-refractivity contribution in [1.29, 1.82) is 0 Å². The smallest absolute Gasteiger partial charge is 0.303 e. The zero-order valence-corrected chi connectivity index (χ0v) is 26.2. The standard InChI is InChI=1S/C32H50N2O8/c1-8-34(9-2)30(37)17-25-18-32(19-39-32)31(38)28(42-25)14-11-20(3)10-13-27-21(4)16-26(23(6)41-27)33-29(36)15-12-22(5)40-24(7)35/h10-12,14-15,21-23,25-28,31,38H,8-9,13,16-19H2,1-7H3,(H,33,36)/t21-,22-,23+,25+,26+,27-,28+,31+,32+/m0/s1. The molecule has 0 aromatic carbocycles. The molecule has 0 aliphatic carbocycles. The van der Waals surface area contributed by atoms with E-state index in [1.807, 2.05) is 39.8 Å². The SMILES string of the molecule is CCN(CC)C(=O)C[C@@H]1C[C@@]2(CO2)[C@H](O)[C@@H](C=CC(C)=CC[C@@H]2O[C@H](C)[C@H](NC(=O)C=C[C@H](C)OC(C)=O)C[C@@H]2C)O1. The lowest BCUT2D eigenvalue weighted by Crippen LogP contribution is -2.51. The van der Waals surface area contributed by atoms with E-state index in [-0.39, 0.29) is 48.5 Å². The first-order valence-corrected chi connectivity index (χ1v) is 15.3. The molecule has 0 unspecified atom stereocenters. The molecule has 3 heterocycles. The van der Waals surface area contributed by atoms with Gasteiger partial charge in [0.05, 0.1) is 37.4 Å². The van der Waals surface area contributed by atoms with Crippen LogP contribution in [0, 0.1) is 5.92 Å². The first-order valence-electron chi connectivity index (χ1n) is 15.3. The van der Waals surface area contributed by atoms with Crippen molar-refractivity contribution in [1.82, 2.24) is 10.2 Å². The second-order valence-corrected chi connectivity index (χ2v) is 11.9. The van der Waals surface area contributed by atoms with Crippen LogP contribution in [-0.2, 0) is 33.3 Å². The number of aliphatic hydroxyl groups is 1. The number of rotatable bonds is 12. The Balaban J connectivity index is 1.51. The average Bonchev–Trinajstić information content (AvgIpc) is 3.70. The van der Waals surface area contributed by atoms with Gasteiger partial charge in [0.1, 0.15) is 23.9 Å². The molecule has 0 aromatic rings. The normalized spacial score (nSPS) is 34.0. The molecule has 2 amide bonds. The van der Waals surface area contributed by atoms with E-state index in [0.29, 0.717) is 32.5 Å². The summed E-state index contributed by atoms with van der Waals surface area (Å²) in [7, 11) is 0. The molecule has 0 aromatic heterocycles. The number of hydrogen-bond donors (Lipinski definition) is 2. The second-order valence-electron chi connectivity index (χ2n) is 11.9. The predicted molar refractivity (Wildman–Crippen MR) is 158 cm³/mol. The number of esters is 1. The minimum Gasteiger partial charge on any atom is -0.459 e. The van der Waals surface area contributed by atoms with Crippen molar-refractivity contribution < 1.29 is 38.4 Å². The van der Waals surface area contributed by atoms with Crippen molar-refractivity contribution in [2.45, 2.75) is 122 Å². The van der Waals surface area contributed by atoms with Crippen LogP contribution in [0.5, 0.6) is 0 Å². The molecular weight excluding hydrogens is 540 g/mol. The average molecular weight is 591 g/mol. The Morgan fingerprint density at radius 1 is 1.14 bits per heavy atom. The quantitative estimate of drug-likeness (QED) is 0.154. The van der Waals surface area contributed by atoms with E-state index < -0.39 is 29.9 Å². The van der Waals surface area contributed by atoms with E-state index in [1.54, 1.807) is 17.9 Å². The van der Waals surface area contributed by atoms with Crippen LogP contribution in [0.25, 0.3) is 0 Å². The summed E-state index contributed by atoms with van der Waals surface area (Å²) in [6, 6.07) is -0.120. The van der Waals surface area contributed by atoms with E-state index in [1.165, 1.54) is 13.0 Å². The maximum absolute atomic E-state index is 12.7.